The van der Waals surface area contributed by atoms with E-state index in [0.717, 1.165) is 23.1 Å². The lowest BCUT2D eigenvalue weighted by Gasteiger charge is -2.24. The number of hydrogen-bond donors (Lipinski definition) is 2. The molecule has 1 unspecified atom stereocenters. The lowest BCUT2D eigenvalue weighted by Crippen LogP contribution is -2.29. The van der Waals surface area contributed by atoms with Gasteiger partial charge in [0, 0.05) is 28.4 Å². The fraction of sp³-hybridized carbons (Fsp3) is 0.0833. The van der Waals surface area contributed by atoms with Gasteiger partial charge >= 0.3 is 6.18 Å². The molecule has 0 aliphatic carbocycles. The van der Waals surface area contributed by atoms with Gasteiger partial charge in [-0.25, -0.2) is 0 Å². The average Bonchev–Trinajstić information content (AvgIpc) is 3.52. The first-order valence-electron chi connectivity index (χ1n) is 9.85. The van der Waals surface area contributed by atoms with Gasteiger partial charge in [-0.15, -0.1) is 0 Å². The summed E-state index contributed by atoms with van der Waals surface area (Å²) >= 11 is 0. The summed E-state index contributed by atoms with van der Waals surface area (Å²) in [5.74, 6) is -2.44. The highest BCUT2D eigenvalue weighted by molar-refractivity contribution is 6.51. The summed E-state index contributed by atoms with van der Waals surface area (Å²) in [4.78, 5) is 30.0. The van der Waals surface area contributed by atoms with Gasteiger partial charge in [0.25, 0.3) is 11.7 Å². The standard InChI is InChI=1S/C24H15F3N2O4/c25-24(26,27)13-5-3-6-14(11-13)29-20(18-9-4-10-33-18)19(22(31)23(29)32)21(30)16-12-28-17-8-2-1-7-15(16)17/h1-12,20,28,30H/b21-19-. The maximum Gasteiger partial charge on any atom is 0.416 e. The SMILES string of the molecule is O=C1C(=O)N(c2cccc(C(F)(F)F)c2)C(c2ccco2)/C1=C(/O)c1c[nH]c2ccccc12. The summed E-state index contributed by atoms with van der Waals surface area (Å²) in [6, 6.07) is 12.9. The molecule has 1 saturated heterocycles. The second-order valence-electron chi connectivity index (χ2n) is 7.48. The highest BCUT2D eigenvalue weighted by Crippen LogP contribution is 2.44. The molecule has 0 radical (unpaired) electrons. The topological polar surface area (TPSA) is 86.5 Å². The molecule has 0 spiro atoms. The summed E-state index contributed by atoms with van der Waals surface area (Å²) in [7, 11) is 0. The molecular formula is C24H15F3N2O4. The van der Waals surface area contributed by atoms with E-state index >= 15 is 0 Å². The van der Waals surface area contributed by atoms with Crippen molar-refractivity contribution in [1.29, 1.82) is 0 Å². The zero-order valence-electron chi connectivity index (χ0n) is 16.8. The molecule has 5 rings (SSSR count). The highest BCUT2D eigenvalue weighted by atomic mass is 19.4. The summed E-state index contributed by atoms with van der Waals surface area (Å²) < 4.78 is 45.3. The van der Waals surface area contributed by atoms with Crippen LogP contribution in [0.25, 0.3) is 16.7 Å². The quantitative estimate of drug-likeness (QED) is 0.247. The Morgan fingerprint density at radius 1 is 1.03 bits per heavy atom. The minimum atomic E-state index is -4.65. The van der Waals surface area contributed by atoms with Gasteiger partial charge in [-0.1, -0.05) is 24.3 Å². The molecule has 2 N–H and O–H groups in total. The molecule has 4 aromatic rings. The van der Waals surface area contributed by atoms with Crippen LogP contribution >= 0.6 is 0 Å². The maximum absolute atomic E-state index is 13.3. The second kappa shape index (κ2) is 7.40. The molecule has 2 aromatic heterocycles. The number of aliphatic hydroxyl groups is 1. The molecule has 1 aliphatic rings. The third kappa shape index (κ3) is 3.29. The van der Waals surface area contributed by atoms with E-state index in [0.29, 0.717) is 10.9 Å². The molecule has 166 valence electrons. The average molecular weight is 452 g/mol. The summed E-state index contributed by atoms with van der Waals surface area (Å²) in [6.45, 7) is 0. The number of nitrogens with one attached hydrogen (secondary N) is 1. The van der Waals surface area contributed by atoms with Crippen LogP contribution in [0.3, 0.4) is 0 Å². The Morgan fingerprint density at radius 3 is 2.55 bits per heavy atom. The lowest BCUT2D eigenvalue weighted by atomic mass is 9.99. The smallest absolute Gasteiger partial charge is 0.416 e. The van der Waals surface area contributed by atoms with Gasteiger partial charge in [0.2, 0.25) is 0 Å². The Hall–Kier alpha value is -4.27. The van der Waals surface area contributed by atoms with E-state index in [1.807, 2.05) is 0 Å². The monoisotopic (exact) mass is 452 g/mol. The van der Waals surface area contributed by atoms with Crippen molar-refractivity contribution >= 4 is 34.0 Å². The minimum Gasteiger partial charge on any atom is -0.507 e. The van der Waals surface area contributed by atoms with E-state index < -0.39 is 35.2 Å². The molecule has 2 aromatic carbocycles. The number of amides is 1. The van der Waals surface area contributed by atoms with Crippen molar-refractivity contribution in [3.8, 4) is 0 Å². The van der Waals surface area contributed by atoms with Crippen molar-refractivity contribution in [3.05, 3.63) is 95.6 Å². The first kappa shape index (κ1) is 20.6. The van der Waals surface area contributed by atoms with E-state index in [9.17, 15) is 27.9 Å². The molecule has 33 heavy (non-hydrogen) atoms. The third-order valence-corrected chi connectivity index (χ3v) is 5.55. The molecule has 1 atom stereocenters. The van der Waals surface area contributed by atoms with Crippen molar-refractivity contribution in [2.45, 2.75) is 12.2 Å². The van der Waals surface area contributed by atoms with Crippen LogP contribution in [0.1, 0.15) is 22.9 Å². The minimum absolute atomic E-state index is 0.119. The second-order valence-corrected chi connectivity index (χ2v) is 7.48. The van der Waals surface area contributed by atoms with Gasteiger partial charge in [0.1, 0.15) is 17.6 Å². The first-order valence-corrected chi connectivity index (χ1v) is 9.85. The normalized spacial score (nSPS) is 18.4. The fourth-order valence-electron chi connectivity index (χ4n) is 4.06. The molecule has 6 nitrogen and oxygen atoms in total. The Morgan fingerprint density at radius 2 is 1.82 bits per heavy atom. The number of Topliss-reactive ketones (excluding diaryl/α,β-unsaturated/α-hetero) is 1. The molecule has 0 bridgehead atoms. The first-order chi connectivity index (χ1) is 15.8. The number of anilines is 1. The van der Waals surface area contributed by atoms with E-state index in [4.69, 9.17) is 4.42 Å². The lowest BCUT2D eigenvalue weighted by molar-refractivity contribution is -0.137. The number of ketones is 1. The number of nitrogens with zero attached hydrogens (tertiary/aromatic N) is 1. The largest absolute Gasteiger partial charge is 0.507 e. The predicted octanol–water partition coefficient (Wildman–Crippen LogP) is 5.41. The highest BCUT2D eigenvalue weighted by Gasteiger charge is 2.49. The Balaban J connectivity index is 1.72. The zero-order valence-corrected chi connectivity index (χ0v) is 16.8. The van der Waals surface area contributed by atoms with E-state index in [-0.39, 0.29) is 22.6 Å². The number of carbonyl (C=O) groups is 2. The Labute approximate surface area is 184 Å². The molecule has 1 amide bonds. The predicted molar refractivity (Wildman–Crippen MR) is 113 cm³/mol. The van der Waals surface area contributed by atoms with Crippen LogP contribution in [-0.4, -0.2) is 21.8 Å². The van der Waals surface area contributed by atoms with Crippen molar-refractivity contribution in [2.24, 2.45) is 0 Å². The molecule has 1 aliphatic heterocycles. The number of carbonyl (C=O) groups excluding carboxylic acids is 2. The third-order valence-electron chi connectivity index (χ3n) is 5.55. The summed E-state index contributed by atoms with van der Waals surface area (Å²) in [5.41, 5.74) is -0.426. The van der Waals surface area contributed by atoms with Gasteiger partial charge in [-0.2, -0.15) is 13.2 Å². The van der Waals surface area contributed by atoms with Crippen molar-refractivity contribution in [3.63, 3.8) is 0 Å². The van der Waals surface area contributed by atoms with Gasteiger partial charge in [0.15, 0.2) is 0 Å². The van der Waals surface area contributed by atoms with Crippen LogP contribution in [-0.2, 0) is 15.8 Å². The maximum atomic E-state index is 13.3. The molecule has 0 saturated carbocycles. The Bertz CT molecular complexity index is 1420. The number of hydrogen-bond acceptors (Lipinski definition) is 4. The van der Waals surface area contributed by atoms with Crippen molar-refractivity contribution in [2.75, 3.05) is 4.90 Å². The van der Waals surface area contributed by atoms with Gasteiger partial charge in [-0.05, 0) is 36.4 Å². The number of aliphatic hydroxyl groups excluding tert-OH is 1. The van der Waals surface area contributed by atoms with E-state index in [1.165, 1.54) is 30.7 Å². The number of aromatic nitrogens is 1. The molecule has 3 heterocycles. The number of H-pyrrole nitrogens is 1. The van der Waals surface area contributed by atoms with E-state index in [2.05, 4.69) is 4.98 Å². The number of aromatic amines is 1. The van der Waals surface area contributed by atoms with Crippen LogP contribution in [0.4, 0.5) is 18.9 Å². The number of furan rings is 1. The van der Waals surface area contributed by atoms with Crippen molar-refractivity contribution in [1.82, 2.24) is 4.98 Å². The Kier molecular flexibility index (Phi) is 4.63. The molecule has 1 fully saturated rings. The number of halogens is 3. The molecular weight excluding hydrogens is 437 g/mol. The van der Waals surface area contributed by atoms with Crippen LogP contribution in [0.15, 0.2) is 83.1 Å². The van der Waals surface area contributed by atoms with Gasteiger partial charge in [-0.3, -0.25) is 14.5 Å². The van der Waals surface area contributed by atoms with Crippen LogP contribution in [0.2, 0.25) is 0 Å². The number of rotatable bonds is 3. The van der Waals surface area contributed by atoms with Crippen LogP contribution in [0.5, 0.6) is 0 Å². The number of alkyl halides is 3. The van der Waals surface area contributed by atoms with E-state index in [1.54, 1.807) is 24.3 Å². The van der Waals surface area contributed by atoms with Gasteiger partial charge in [0.05, 0.1) is 17.4 Å². The summed E-state index contributed by atoms with van der Waals surface area (Å²) in [6.07, 6.45) is -1.84. The number of benzene rings is 2. The van der Waals surface area contributed by atoms with Crippen LogP contribution in [0, 0.1) is 0 Å². The summed E-state index contributed by atoms with van der Waals surface area (Å²) in [5, 5.41) is 11.8. The number of fused-ring (bicyclic) bond motifs is 1. The van der Waals surface area contributed by atoms with Gasteiger partial charge < -0.3 is 14.5 Å². The zero-order chi connectivity index (χ0) is 23.3. The van der Waals surface area contributed by atoms with Crippen LogP contribution < -0.4 is 4.90 Å². The number of para-hydroxylation sites is 1. The fourth-order valence-corrected chi connectivity index (χ4v) is 4.06. The van der Waals surface area contributed by atoms with Crippen molar-refractivity contribution < 1.29 is 32.3 Å². The molecule has 9 heteroatoms.